The van der Waals surface area contributed by atoms with Crippen molar-refractivity contribution in [3.63, 3.8) is 0 Å². The molecule has 0 aromatic carbocycles. The highest BCUT2D eigenvalue weighted by molar-refractivity contribution is 5.71. The van der Waals surface area contributed by atoms with Crippen LogP contribution in [0.25, 0.3) is 0 Å². The van der Waals surface area contributed by atoms with E-state index >= 15 is 0 Å². The largest absolute Gasteiger partial charge is 0.465 e. The van der Waals surface area contributed by atoms with Gasteiger partial charge >= 0.3 is 5.97 Å². The fourth-order valence-corrected chi connectivity index (χ4v) is 2.52. The van der Waals surface area contributed by atoms with Crippen molar-refractivity contribution in [1.82, 2.24) is 4.90 Å². The average Bonchev–Trinajstić information content (AvgIpc) is 2.82. The van der Waals surface area contributed by atoms with Gasteiger partial charge in [0.2, 0.25) is 0 Å². The van der Waals surface area contributed by atoms with Crippen LogP contribution in [0.5, 0.6) is 0 Å². The standard InChI is InChI=1S/C14H27NO6/c1-4-21-14(16)7-15-12(8-19-10-17-2)5-6-13(15)9-20-11-18-3/h12-13H,4-11H2,1-3H3/t12-,13-/m1/s1. The smallest absolute Gasteiger partial charge is 0.320 e. The summed E-state index contributed by atoms with van der Waals surface area (Å²) in [5, 5.41) is 0. The van der Waals surface area contributed by atoms with Crippen LogP contribution in [-0.4, -0.2) is 77.1 Å². The van der Waals surface area contributed by atoms with Gasteiger partial charge in [0.15, 0.2) is 0 Å². The van der Waals surface area contributed by atoms with Crippen molar-refractivity contribution < 1.29 is 28.5 Å². The second kappa shape index (κ2) is 10.9. The van der Waals surface area contributed by atoms with Gasteiger partial charge in [-0.05, 0) is 19.8 Å². The molecule has 0 saturated carbocycles. The van der Waals surface area contributed by atoms with Gasteiger partial charge in [0.25, 0.3) is 0 Å². The van der Waals surface area contributed by atoms with Crippen LogP contribution in [0.3, 0.4) is 0 Å². The molecule has 21 heavy (non-hydrogen) atoms. The first-order chi connectivity index (χ1) is 10.2. The topological polar surface area (TPSA) is 66.5 Å². The van der Waals surface area contributed by atoms with E-state index in [9.17, 15) is 4.79 Å². The lowest BCUT2D eigenvalue weighted by Crippen LogP contribution is -2.44. The molecule has 1 aliphatic heterocycles. The summed E-state index contributed by atoms with van der Waals surface area (Å²) in [6.45, 7) is 4.05. The van der Waals surface area contributed by atoms with E-state index in [4.69, 9.17) is 23.7 Å². The lowest BCUT2D eigenvalue weighted by molar-refractivity contribution is -0.146. The number of hydrogen-bond donors (Lipinski definition) is 0. The highest BCUT2D eigenvalue weighted by Gasteiger charge is 2.35. The van der Waals surface area contributed by atoms with Crippen LogP contribution in [0.15, 0.2) is 0 Å². The monoisotopic (exact) mass is 305 g/mol. The van der Waals surface area contributed by atoms with Crippen molar-refractivity contribution in [3.05, 3.63) is 0 Å². The zero-order valence-electron chi connectivity index (χ0n) is 13.2. The lowest BCUT2D eigenvalue weighted by atomic mass is 10.2. The average molecular weight is 305 g/mol. The molecular weight excluding hydrogens is 278 g/mol. The predicted octanol–water partition coefficient (Wildman–Crippen LogP) is 0.624. The van der Waals surface area contributed by atoms with E-state index in [1.807, 2.05) is 0 Å². The quantitative estimate of drug-likeness (QED) is 0.315. The molecule has 1 aliphatic rings. The Labute approximate surface area is 126 Å². The molecule has 0 radical (unpaired) electrons. The number of nitrogens with zero attached hydrogens (tertiary/aromatic N) is 1. The number of hydrogen-bond acceptors (Lipinski definition) is 7. The van der Waals surface area contributed by atoms with Crippen molar-refractivity contribution in [1.29, 1.82) is 0 Å². The van der Waals surface area contributed by atoms with Gasteiger partial charge in [0.05, 0.1) is 26.4 Å². The third-order valence-corrected chi connectivity index (χ3v) is 3.41. The van der Waals surface area contributed by atoms with Crippen LogP contribution in [0.2, 0.25) is 0 Å². The molecule has 1 heterocycles. The maximum Gasteiger partial charge on any atom is 0.320 e. The third-order valence-electron chi connectivity index (χ3n) is 3.41. The molecule has 0 aromatic heterocycles. The van der Waals surface area contributed by atoms with Gasteiger partial charge in [0, 0.05) is 26.3 Å². The van der Waals surface area contributed by atoms with Crippen LogP contribution >= 0.6 is 0 Å². The summed E-state index contributed by atoms with van der Waals surface area (Å²) in [5.41, 5.74) is 0. The Morgan fingerprint density at radius 3 is 2.00 bits per heavy atom. The van der Waals surface area contributed by atoms with E-state index in [1.165, 1.54) is 0 Å². The Kier molecular flexibility index (Phi) is 9.53. The molecule has 2 atom stereocenters. The molecule has 1 fully saturated rings. The molecule has 7 heteroatoms. The fraction of sp³-hybridized carbons (Fsp3) is 0.929. The summed E-state index contributed by atoms with van der Waals surface area (Å²) in [6, 6.07) is 0.362. The first-order valence-electron chi connectivity index (χ1n) is 7.27. The summed E-state index contributed by atoms with van der Waals surface area (Å²) in [7, 11) is 3.18. The molecule has 7 nitrogen and oxygen atoms in total. The Bertz CT molecular complexity index is 271. The van der Waals surface area contributed by atoms with E-state index in [-0.39, 0.29) is 38.2 Å². The van der Waals surface area contributed by atoms with Gasteiger partial charge < -0.3 is 23.7 Å². The van der Waals surface area contributed by atoms with Crippen molar-refractivity contribution in [2.24, 2.45) is 0 Å². The van der Waals surface area contributed by atoms with Gasteiger partial charge in [-0.3, -0.25) is 9.69 Å². The van der Waals surface area contributed by atoms with Gasteiger partial charge in [0.1, 0.15) is 13.6 Å². The summed E-state index contributed by atoms with van der Waals surface area (Å²) < 4.78 is 25.7. The molecule has 0 N–H and O–H groups in total. The Balaban J connectivity index is 2.50. The minimum Gasteiger partial charge on any atom is -0.465 e. The fourth-order valence-electron chi connectivity index (χ4n) is 2.52. The molecule has 0 amide bonds. The van der Waals surface area contributed by atoms with Gasteiger partial charge in [-0.25, -0.2) is 0 Å². The second-order valence-corrected chi connectivity index (χ2v) is 4.92. The maximum absolute atomic E-state index is 11.8. The number of carbonyl (C=O) groups is 1. The SMILES string of the molecule is CCOC(=O)CN1[C@@H](COCOC)CC[C@@H]1COCOC. The molecule has 0 unspecified atom stereocenters. The number of methoxy groups -OCH3 is 2. The van der Waals surface area contributed by atoms with E-state index in [1.54, 1.807) is 21.1 Å². The minimum absolute atomic E-state index is 0.181. The molecule has 124 valence electrons. The number of carbonyl (C=O) groups excluding carboxylic acids is 1. The van der Waals surface area contributed by atoms with Crippen LogP contribution in [0.4, 0.5) is 0 Å². The third kappa shape index (κ3) is 6.71. The minimum atomic E-state index is -0.215. The highest BCUT2D eigenvalue weighted by atomic mass is 16.7. The van der Waals surface area contributed by atoms with Crippen LogP contribution in [0.1, 0.15) is 19.8 Å². The normalized spacial score (nSPS) is 22.6. The van der Waals surface area contributed by atoms with E-state index in [0.29, 0.717) is 19.8 Å². The second-order valence-electron chi connectivity index (χ2n) is 4.92. The van der Waals surface area contributed by atoms with Crippen molar-refractivity contribution in [2.45, 2.75) is 31.8 Å². The Morgan fingerprint density at radius 2 is 1.57 bits per heavy atom. The highest BCUT2D eigenvalue weighted by Crippen LogP contribution is 2.24. The van der Waals surface area contributed by atoms with E-state index in [2.05, 4.69) is 4.90 Å². The Hall–Kier alpha value is -0.730. The first-order valence-corrected chi connectivity index (χ1v) is 7.27. The number of esters is 1. The lowest BCUT2D eigenvalue weighted by Gasteiger charge is -2.28. The molecular formula is C14H27NO6. The van der Waals surface area contributed by atoms with Gasteiger partial charge in [-0.2, -0.15) is 0 Å². The van der Waals surface area contributed by atoms with Crippen LogP contribution < -0.4 is 0 Å². The summed E-state index contributed by atoms with van der Waals surface area (Å²) >= 11 is 0. The van der Waals surface area contributed by atoms with Gasteiger partial charge in [-0.1, -0.05) is 0 Å². The van der Waals surface area contributed by atoms with E-state index < -0.39 is 0 Å². The molecule has 0 spiro atoms. The molecule has 0 aliphatic carbocycles. The molecule has 1 rings (SSSR count). The van der Waals surface area contributed by atoms with Crippen molar-refractivity contribution in [3.8, 4) is 0 Å². The molecule has 1 saturated heterocycles. The first kappa shape index (κ1) is 18.3. The molecule has 0 bridgehead atoms. The maximum atomic E-state index is 11.8. The number of likely N-dealkylation sites (tertiary alicyclic amines) is 1. The van der Waals surface area contributed by atoms with Crippen LogP contribution in [-0.2, 0) is 28.5 Å². The Morgan fingerprint density at radius 1 is 1.05 bits per heavy atom. The number of ether oxygens (including phenoxy) is 5. The van der Waals surface area contributed by atoms with Crippen LogP contribution in [0, 0.1) is 0 Å². The number of rotatable bonds is 11. The van der Waals surface area contributed by atoms with Crippen molar-refractivity contribution >= 4 is 5.97 Å². The summed E-state index contributed by atoms with van der Waals surface area (Å²) in [4.78, 5) is 13.9. The zero-order valence-corrected chi connectivity index (χ0v) is 13.2. The zero-order chi connectivity index (χ0) is 15.5. The molecule has 0 aromatic rings. The van der Waals surface area contributed by atoms with Gasteiger partial charge in [-0.15, -0.1) is 0 Å². The van der Waals surface area contributed by atoms with Crippen molar-refractivity contribution in [2.75, 3.05) is 54.2 Å². The summed E-state index contributed by atoms with van der Waals surface area (Å²) in [6.07, 6.45) is 1.92. The van der Waals surface area contributed by atoms with E-state index in [0.717, 1.165) is 12.8 Å². The predicted molar refractivity (Wildman–Crippen MR) is 75.8 cm³/mol. The summed E-state index contributed by atoms with van der Waals surface area (Å²) in [5.74, 6) is -0.215.